The molecule has 0 aliphatic rings. The lowest BCUT2D eigenvalue weighted by Crippen LogP contribution is -2.40. The highest BCUT2D eigenvalue weighted by Gasteiger charge is 2.26. The third kappa shape index (κ3) is 7.65. The van der Waals surface area contributed by atoms with Crippen LogP contribution >= 0.6 is 0 Å². The molecule has 3 aromatic carbocycles. The fraction of sp³-hybridized carbons (Fsp3) is 0.296. The van der Waals surface area contributed by atoms with Crippen LogP contribution in [0.1, 0.15) is 29.7 Å². The Labute approximate surface area is 207 Å². The van der Waals surface area contributed by atoms with Gasteiger partial charge >= 0.3 is 5.97 Å². The van der Waals surface area contributed by atoms with Crippen molar-refractivity contribution in [1.82, 2.24) is 9.62 Å². The number of nitrogens with zero attached hydrogens (tertiary/aromatic N) is 1. The maximum Gasteiger partial charge on any atom is 0.320 e. The molecule has 0 bridgehead atoms. The summed E-state index contributed by atoms with van der Waals surface area (Å²) < 4.78 is 39.3. The second-order valence-corrected chi connectivity index (χ2v) is 9.92. The fourth-order valence-corrected chi connectivity index (χ4v) is 4.78. The number of sulfonamides is 1. The van der Waals surface area contributed by atoms with Crippen molar-refractivity contribution in [3.8, 4) is 5.75 Å². The van der Waals surface area contributed by atoms with Crippen LogP contribution in [-0.2, 0) is 26.1 Å². The molecular weight excluding hydrogens is 464 g/mol. The number of aryl methyl sites for hydroxylation is 1. The minimum atomic E-state index is -3.76. The molecule has 3 aromatic rings. The highest BCUT2D eigenvalue weighted by molar-refractivity contribution is 7.89. The first-order valence-electron chi connectivity index (χ1n) is 11.5. The Hall–Kier alpha value is -3.20. The van der Waals surface area contributed by atoms with Crippen LogP contribution in [0.25, 0.3) is 0 Å². The number of ether oxygens (including phenoxy) is 2. The third-order valence-electron chi connectivity index (χ3n) is 5.61. The lowest BCUT2D eigenvalue weighted by Gasteiger charge is -2.31. The van der Waals surface area contributed by atoms with E-state index in [4.69, 9.17) is 9.47 Å². The number of hydrogen-bond donors (Lipinski definition) is 1. The predicted octanol–water partition coefficient (Wildman–Crippen LogP) is 4.09. The monoisotopic (exact) mass is 496 g/mol. The molecule has 0 fully saturated rings. The Morgan fingerprint density at radius 1 is 0.971 bits per heavy atom. The Bertz CT molecular complexity index is 1180. The number of methoxy groups -OCH3 is 1. The highest BCUT2D eigenvalue weighted by Crippen LogP contribution is 2.25. The molecule has 0 amide bonds. The molecule has 1 atom stereocenters. The topological polar surface area (TPSA) is 84.9 Å². The molecule has 0 spiro atoms. The standard InChI is InChI=1S/C27H32N2O5S/c1-4-34-27(30)20-29(19-22-8-6-5-7-9-22)26(23-12-14-24(33-3)15-13-23)18-28-35(31,32)25-16-10-21(2)11-17-25/h5-17,26,28H,4,18-20H2,1-3H3/t26-/m1/s1. The van der Waals surface area contributed by atoms with Gasteiger partial charge in [0.25, 0.3) is 0 Å². The first kappa shape index (κ1) is 26.4. The van der Waals surface area contributed by atoms with E-state index in [0.717, 1.165) is 16.7 Å². The van der Waals surface area contributed by atoms with Crippen LogP contribution in [0.15, 0.2) is 83.8 Å². The molecule has 35 heavy (non-hydrogen) atoms. The van der Waals surface area contributed by atoms with Gasteiger partial charge in [-0.15, -0.1) is 0 Å². The predicted molar refractivity (Wildman–Crippen MR) is 136 cm³/mol. The minimum Gasteiger partial charge on any atom is -0.497 e. The van der Waals surface area contributed by atoms with E-state index < -0.39 is 16.1 Å². The number of benzene rings is 3. The molecule has 0 radical (unpaired) electrons. The third-order valence-corrected chi connectivity index (χ3v) is 7.04. The summed E-state index contributed by atoms with van der Waals surface area (Å²) in [5.74, 6) is 0.316. The average molecular weight is 497 g/mol. The van der Waals surface area contributed by atoms with Gasteiger partial charge in [-0.2, -0.15) is 0 Å². The number of nitrogens with one attached hydrogen (secondary N) is 1. The molecule has 0 saturated heterocycles. The van der Waals surface area contributed by atoms with E-state index in [0.29, 0.717) is 12.3 Å². The van der Waals surface area contributed by atoms with Gasteiger partial charge < -0.3 is 9.47 Å². The van der Waals surface area contributed by atoms with Gasteiger partial charge in [0.2, 0.25) is 10.0 Å². The molecule has 1 N–H and O–H groups in total. The number of carbonyl (C=O) groups excluding carboxylic acids is 1. The lowest BCUT2D eigenvalue weighted by molar-refractivity contribution is -0.145. The van der Waals surface area contributed by atoms with Crippen LogP contribution in [0, 0.1) is 6.92 Å². The summed E-state index contributed by atoms with van der Waals surface area (Å²) >= 11 is 0. The fourth-order valence-electron chi connectivity index (χ4n) is 3.74. The molecule has 0 aliphatic carbocycles. The number of hydrogen-bond acceptors (Lipinski definition) is 6. The second kappa shape index (κ2) is 12.5. The van der Waals surface area contributed by atoms with Gasteiger partial charge in [-0.1, -0.05) is 60.2 Å². The first-order chi connectivity index (χ1) is 16.8. The quantitative estimate of drug-likeness (QED) is 0.380. The first-order valence-corrected chi connectivity index (χ1v) is 12.9. The van der Waals surface area contributed by atoms with Crippen molar-refractivity contribution in [2.75, 3.05) is 26.8 Å². The molecule has 0 unspecified atom stereocenters. The zero-order valence-corrected chi connectivity index (χ0v) is 21.1. The van der Waals surface area contributed by atoms with Crippen LogP contribution in [0.2, 0.25) is 0 Å². The van der Waals surface area contributed by atoms with Crippen LogP contribution < -0.4 is 9.46 Å². The smallest absolute Gasteiger partial charge is 0.320 e. The highest BCUT2D eigenvalue weighted by atomic mass is 32.2. The van der Waals surface area contributed by atoms with Gasteiger partial charge in [0.15, 0.2) is 0 Å². The Morgan fingerprint density at radius 3 is 2.23 bits per heavy atom. The molecular formula is C27H32N2O5S. The van der Waals surface area contributed by atoms with Crippen molar-refractivity contribution in [1.29, 1.82) is 0 Å². The van der Waals surface area contributed by atoms with Gasteiger partial charge in [0, 0.05) is 19.1 Å². The van der Waals surface area contributed by atoms with Crippen molar-refractivity contribution >= 4 is 16.0 Å². The van der Waals surface area contributed by atoms with E-state index in [-0.39, 0.29) is 30.6 Å². The molecule has 0 saturated carbocycles. The largest absolute Gasteiger partial charge is 0.497 e. The number of carbonyl (C=O) groups is 1. The SMILES string of the molecule is CCOC(=O)CN(Cc1ccccc1)[C@H](CNS(=O)(=O)c1ccc(C)cc1)c1ccc(OC)cc1. The average Bonchev–Trinajstić information content (AvgIpc) is 2.85. The lowest BCUT2D eigenvalue weighted by atomic mass is 10.0. The molecule has 3 rings (SSSR count). The van der Waals surface area contributed by atoms with Crippen LogP contribution in [0.5, 0.6) is 5.75 Å². The number of esters is 1. The zero-order chi connectivity index (χ0) is 25.3. The summed E-state index contributed by atoms with van der Waals surface area (Å²) in [7, 11) is -2.17. The molecule has 186 valence electrons. The summed E-state index contributed by atoms with van der Waals surface area (Å²) in [5.41, 5.74) is 2.82. The van der Waals surface area contributed by atoms with E-state index in [2.05, 4.69) is 4.72 Å². The molecule has 0 aliphatic heterocycles. The molecule has 8 heteroatoms. The minimum absolute atomic E-state index is 0.00564. The van der Waals surface area contributed by atoms with Crippen LogP contribution in [0.3, 0.4) is 0 Å². The van der Waals surface area contributed by atoms with Crippen molar-refractivity contribution in [3.05, 3.63) is 95.6 Å². The van der Waals surface area contributed by atoms with Crippen LogP contribution in [-0.4, -0.2) is 46.1 Å². The summed E-state index contributed by atoms with van der Waals surface area (Å²) in [6, 6.07) is 23.4. The molecule has 0 aromatic heterocycles. The van der Waals surface area contributed by atoms with Gasteiger partial charge in [-0.3, -0.25) is 9.69 Å². The molecule has 7 nitrogen and oxygen atoms in total. The van der Waals surface area contributed by atoms with Crippen molar-refractivity contribution in [3.63, 3.8) is 0 Å². The van der Waals surface area contributed by atoms with Crippen molar-refractivity contribution in [2.45, 2.75) is 31.3 Å². The van der Waals surface area contributed by atoms with Gasteiger partial charge in [0.1, 0.15) is 5.75 Å². The Kier molecular flexibility index (Phi) is 9.42. The van der Waals surface area contributed by atoms with E-state index in [1.807, 2.05) is 66.4 Å². The van der Waals surface area contributed by atoms with E-state index >= 15 is 0 Å². The van der Waals surface area contributed by atoms with Gasteiger partial charge in [0.05, 0.1) is 25.2 Å². The Balaban J connectivity index is 1.94. The zero-order valence-electron chi connectivity index (χ0n) is 20.3. The number of rotatable bonds is 12. The van der Waals surface area contributed by atoms with E-state index in [9.17, 15) is 13.2 Å². The van der Waals surface area contributed by atoms with E-state index in [1.54, 1.807) is 38.3 Å². The van der Waals surface area contributed by atoms with E-state index in [1.165, 1.54) is 0 Å². The van der Waals surface area contributed by atoms with Crippen LogP contribution in [0.4, 0.5) is 0 Å². The maximum absolute atomic E-state index is 13.0. The second-order valence-electron chi connectivity index (χ2n) is 8.15. The summed E-state index contributed by atoms with van der Waals surface area (Å²) in [5, 5.41) is 0. The Morgan fingerprint density at radius 2 is 1.63 bits per heavy atom. The van der Waals surface area contributed by atoms with Gasteiger partial charge in [-0.05, 0) is 49.2 Å². The normalized spacial score (nSPS) is 12.3. The van der Waals surface area contributed by atoms with Crippen molar-refractivity contribution in [2.24, 2.45) is 0 Å². The van der Waals surface area contributed by atoms with Crippen molar-refractivity contribution < 1.29 is 22.7 Å². The summed E-state index contributed by atoms with van der Waals surface area (Å²) in [6.07, 6.45) is 0. The maximum atomic E-state index is 13.0. The van der Waals surface area contributed by atoms with Gasteiger partial charge in [-0.25, -0.2) is 13.1 Å². The summed E-state index contributed by atoms with van der Waals surface area (Å²) in [4.78, 5) is 14.6. The summed E-state index contributed by atoms with van der Waals surface area (Å²) in [6.45, 7) is 4.44. The molecule has 0 heterocycles.